The molecule has 118 valence electrons. The fraction of sp³-hybridized carbons (Fsp3) is 0.235. The second-order valence-electron chi connectivity index (χ2n) is 5.41. The minimum atomic E-state index is -0.0909. The molecule has 0 fully saturated rings. The number of aryl methyl sites for hydroxylation is 1. The number of amides is 1. The fourth-order valence-corrected chi connectivity index (χ4v) is 2.33. The van der Waals surface area contributed by atoms with Crippen LogP contribution >= 0.6 is 0 Å². The Morgan fingerprint density at radius 3 is 2.83 bits per heavy atom. The molecule has 0 radical (unpaired) electrons. The van der Waals surface area contributed by atoms with Crippen molar-refractivity contribution in [3.63, 3.8) is 0 Å². The Hall–Kier alpha value is -2.89. The topological polar surface area (TPSA) is 73.0 Å². The number of nitrogens with one attached hydrogen (secondary N) is 1. The molecule has 23 heavy (non-hydrogen) atoms. The first-order valence-corrected chi connectivity index (χ1v) is 7.50. The van der Waals surface area contributed by atoms with Crippen molar-refractivity contribution in [3.05, 3.63) is 66.6 Å². The van der Waals surface area contributed by atoms with Crippen LogP contribution in [0.5, 0.6) is 0 Å². The van der Waals surface area contributed by atoms with Crippen LogP contribution in [0.15, 0.2) is 59.7 Å². The summed E-state index contributed by atoms with van der Waals surface area (Å²) in [5.74, 6) is 0.840. The van der Waals surface area contributed by atoms with Crippen molar-refractivity contribution in [2.75, 3.05) is 0 Å². The number of nitrogens with zero attached hydrogens (tertiary/aromatic N) is 3. The van der Waals surface area contributed by atoms with Gasteiger partial charge in [-0.05, 0) is 43.7 Å². The van der Waals surface area contributed by atoms with E-state index in [-0.39, 0.29) is 11.9 Å². The van der Waals surface area contributed by atoms with E-state index < -0.39 is 0 Å². The smallest absolute Gasteiger partial charge is 0.251 e. The highest BCUT2D eigenvalue weighted by molar-refractivity contribution is 5.94. The number of aromatic nitrogens is 3. The number of furan rings is 1. The Bertz CT molecular complexity index is 751. The molecule has 1 N–H and O–H groups in total. The number of rotatable bonds is 6. The predicted octanol–water partition coefficient (Wildman–Crippen LogP) is 2.61. The summed E-state index contributed by atoms with van der Waals surface area (Å²) in [6.45, 7) is 1.99. The van der Waals surface area contributed by atoms with Crippen LogP contribution in [0, 0.1) is 0 Å². The highest BCUT2D eigenvalue weighted by atomic mass is 16.3. The normalized spacial score (nSPS) is 12.0. The van der Waals surface area contributed by atoms with E-state index in [1.165, 1.54) is 0 Å². The van der Waals surface area contributed by atoms with E-state index in [2.05, 4.69) is 15.5 Å². The van der Waals surface area contributed by atoms with E-state index in [0.717, 1.165) is 24.3 Å². The van der Waals surface area contributed by atoms with E-state index >= 15 is 0 Å². The molecule has 1 atom stereocenters. The number of hydrogen-bond donors (Lipinski definition) is 1. The molecule has 0 spiro atoms. The third-order valence-electron chi connectivity index (χ3n) is 3.61. The van der Waals surface area contributed by atoms with Crippen molar-refractivity contribution in [2.45, 2.75) is 25.8 Å². The van der Waals surface area contributed by atoms with Crippen LogP contribution in [0.2, 0.25) is 0 Å². The maximum Gasteiger partial charge on any atom is 0.251 e. The standard InChI is InChI=1S/C17H18N4O2/c1-13(7-8-16-6-3-9-23-16)20-17(22)14-4-2-5-15(10-14)21-11-18-19-12-21/h2-6,9-13H,7-8H2,1H3,(H,20,22). The van der Waals surface area contributed by atoms with Crippen molar-refractivity contribution < 1.29 is 9.21 Å². The van der Waals surface area contributed by atoms with Crippen molar-refractivity contribution >= 4 is 5.91 Å². The van der Waals surface area contributed by atoms with Gasteiger partial charge < -0.3 is 9.73 Å². The van der Waals surface area contributed by atoms with Crippen LogP contribution in [0.1, 0.15) is 29.5 Å². The molecule has 0 saturated carbocycles. The number of carbonyl (C=O) groups is 1. The van der Waals surface area contributed by atoms with Gasteiger partial charge in [-0.25, -0.2) is 0 Å². The molecule has 1 unspecified atom stereocenters. The van der Waals surface area contributed by atoms with E-state index in [9.17, 15) is 4.79 Å². The van der Waals surface area contributed by atoms with Crippen LogP contribution in [-0.4, -0.2) is 26.7 Å². The van der Waals surface area contributed by atoms with Crippen LogP contribution in [0.4, 0.5) is 0 Å². The summed E-state index contributed by atoms with van der Waals surface area (Å²) in [5, 5.41) is 10.6. The van der Waals surface area contributed by atoms with Gasteiger partial charge in [0.05, 0.1) is 6.26 Å². The molecule has 0 bridgehead atoms. The van der Waals surface area contributed by atoms with Crippen molar-refractivity contribution in [1.82, 2.24) is 20.1 Å². The monoisotopic (exact) mass is 310 g/mol. The molecule has 3 rings (SSSR count). The summed E-state index contributed by atoms with van der Waals surface area (Å²) in [7, 11) is 0. The first-order chi connectivity index (χ1) is 11.2. The summed E-state index contributed by atoms with van der Waals surface area (Å²) < 4.78 is 7.06. The van der Waals surface area contributed by atoms with Gasteiger partial charge in [-0.15, -0.1) is 10.2 Å². The Kier molecular flexibility index (Phi) is 4.52. The van der Waals surface area contributed by atoms with E-state index in [1.807, 2.05) is 37.3 Å². The molecule has 0 saturated heterocycles. The van der Waals surface area contributed by atoms with Crippen molar-refractivity contribution in [1.29, 1.82) is 0 Å². The fourth-order valence-electron chi connectivity index (χ4n) is 2.33. The second-order valence-corrected chi connectivity index (χ2v) is 5.41. The van der Waals surface area contributed by atoms with Gasteiger partial charge in [0.25, 0.3) is 5.91 Å². The molecule has 0 aliphatic rings. The lowest BCUT2D eigenvalue weighted by Crippen LogP contribution is -2.32. The first-order valence-electron chi connectivity index (χ1n) is 7.50. The molecule has 1 amide bonds. The largest absolute Gasteiger partial charge is 0.469 e. The highest BCUT2D eigenvalue weighted by Gasteiger charge is 2.11. The van der Waals surface area contributed by atoms with Gasteiger partial charge in [-0.1, -0.05) is 6.07 Å². The molecule has 6 heteroatoms. The van der Waals surface area contributed by atoms with Gasteiger partial charge in [-0.2, -0.15) is 0 Å². The van der Waals surface area contributed by atoms with Gasteiger partial charge in [0, 0.05) is 23.7 Å². The molecule has 2 heterocycles. The summed E-state index contributed by atoms with van der Waals surface area (Å²) in [6, 6.07) is 11.2. The molecule has 3 aromatic rings. The van der Waals surface area contributed by atoms with Crippen molar-refractivity contribution in [3.8, 4) is 5.69 Å². The second kappa shape index (κ2) is 6.91. The summed E-state index contributed by atoms with van der Waals surface area (Å²) in [5.41, 5.74) is 1.46. The van der Waals surface area contributed by atoms with E-state index in [1.54, 1.807) is 29.6 Å². The number of benzene rings is 1. The Morgan fingerprint density at radius 1 is 1.26 bits per heavy atom. The number of hydrogen-bond acceptors (Lipinski definition) is 4. The maximum atomic E-state index is 12.4. The molecular weight excluding hydrogens is 292 g/mol. The number of carbonyl (C=O) groups excluding carboxylic acids is 1. The zero-order valence-corrected chi connectivity index (χ0v) is 12.8. The summed E-state index contributed by atoms with van der Waals surface area (Å²) in [4.78, 5) is 12.4. The van der Waals surface area contributed by atoms with Crippen LogP contribution < -0.4 is 5.32 Å². The molecule has 0 aliphatic heterocycles. The van der Waals surface area contributed by atoms with Gasteiger partial charge in [0.15, 0.2) is 0 Å². The van der Waals surface area contributed by atoms with Crippen molar-refractivity contribution in [2.24, 2.45) is 0 Å². The summed E-state index contributed by atoms with van der Waals surface area (Å²) in [6.07, 6.45) is 6.49. The average Bonchev–Trinajstić information content (AvgIpc) is 3.26. The van der Waals surface area contributed by atoms with Crippen LogP contribution in [-0.2, 0) is 6.42 Å². The molecule has 2 aromatic heterocycles. The van der Waals surface area contributed by atoms with Gasteiger partial charge in [0.1, 0.15) is 18.4 Å². The average molecular weight is 310 g/mol. The zero-order valence-electron chi connectivity index (χ0n) is 12.8. The third kappa shape index (κ3) is 3.85. The quantitative estimate of drug-likeness (QED) is 0.759. The maximum absolute atomic E-state index is 12.4. The lowest BCUT2D eigenvalue weighted by atomic mass is 10.1. The summed E-state index contributed by atoms with van der Waals surface area (Å²) >= 11 is 0. The van der Waals surface area contributed by atoms with E-state index in [4.69, 9.17) is 4.42 Å². The highest BCUT2D eigenvalue weighted by Crippen LogP contribution is 2.11. The lowest BCUT2D eigenvalue weighted by Gasteiger charge is -2.13. The molecule has 1 aromatic carbocycles. The molecule has 6 nitrogen and oxygen atoms in total. The third-order valence-corrected chi connectivity index (χ3v) is 3.61. The van der Waals surface area contributed by atoms with Crippen LogP contribution in [0.25, 0.3) is 5.69 Å². The molecular formula is C17H18N4O2. The lowest BCUT2D eigenvalue weighted by molar-refractivity contribution is 0.0938. The molecule has 0 aliphatic carbocycles. The minimum Gasteiger partial charge on any atom is -0.469 e. The van der Waals surface area contributed by atoms with Gasteiger partial charge >= 0.3 is 0 Å². The van der Waals surface area contributed by atoms with Gasteiger partial charge in [0.2, 0.25) is 0 Å². The Labute approximate surface area is 134 Å². The van der Waals surface area contributed by atoms with Crippen LogP contribution in [0.3, 0.4) is 0 Å². The Balaban J connectivity index is 1.60. The van der Waals surface area contributed by atoms with Gasteiger partial charge in [-0.3, -0.25) is 9.36 Å². The minimum absolute atomic E-state index is 0.0613. The van der Waals surface area contributed by atoms with E-state index in [0.29, 0.717) is 5.56 Å². The predicted molar refractivity (Wildman–Crippen MR) is 85.3 cm³/mol. The first kappa shape index (κ1) is 15.0. The Morgan fingerprint density at radius 2 is 2.09 bits per heavy atom. The zero-order chi connectivity index (χ0) is 16.1. The SMILES string of the molecule is CC(CCc1ccco1)NC(=O)c1cccc(-n2cnnc2)c1.